The van der Waals surface area contributed by atoms with Crippen molar-refractivity contribution in [2.45, 2.75) is 117 Å². The highest BCUT2D eigenvalue weighted by Crippen LogP contribution is 2.10. The Balaban J connectivity index is 3.13. The number of carbonyl (C=O) groups excluding carboxylic acids is 1. The molecule has 204 valence electrons. The molecule has 0 aromatic carbocycles. The van der Waals surface area contributed by atoms with Crippen molar-refractivity contribution in [2.24, 2.45) is 0 Å². The first-order valence-electron chi connectivity index (χ1n) is 14.3. The Morgan fingerprint density at radius 2 is 0.765 bits per heavy atom. The maximum absolute atomic E-state index is 11.7. The topological polar surface area (TPSA) is 63.2 Å². The van der Waals surface area contributed by atoms with E-state index in [1.54, 1.807) is 0 Å². The first kappa shape index (κ1) is 33.3. The second kappa shape index (κ2) is 30.3. The van der Waals surface area contributed by atoms with Gasteiger partial charge in [0.2, 0.25) is 0 Å². The molecule has 0 heterocycles. The first-order chi connectivity index (χ1) is 16.8. The van der Waals surface area contributed by atoms with E-state index in [1.165, 1.54) is 70.6 Å². The highest BCUT2D eigenvalue weighted by Gasteiger charge is 2.02. The van der Waals surface area contributed by atoms with Crippen LogP contribution in [-0.4, -0.2) is 65.4 Å². The van der Waals surface area contributed by atoms with Crippen molar-refractivity contribution in [1.82, 2.24) is 0 Å². The number of hydrogen-bond acceptors (Lipinski definition) is 6. The van der Waals surface area contributed by atoms with E-state index in [2.05, 4.69) is 13.8 Å². The van der Waals surface area contributed by atoms with E-state index in [-0.39, 0.29) is 5.97 Å². The van der Waals surface area contributed by atoms with Gasteiger partial charge < -0.3 is 23.7 Å². The van der Waals surface area contributed by atoms with Crippen LogP contribution in [0.15, 0.2) is 0 Å². The maximum Gasteiger partial charge on any atom is 0.305 e. The van der Waals surface area contributed by atoms with Crippen molar-refractivity contribution in [2.75, 3.05) is 59.5 Å². The van der Waals surface area contributed by atoms with Crippen molar-refractivity contribution < 1.29 is 28.5 Å². The molecule has 0 aromatic rings. The highest BCUT2D eigenvalue weighted by molar-refractivity contribution is 5.69. The predicted octanol–water partition coefficient (Wildman–Crippen LogP) is 6.88. The fraction of sp³-hybridized carbons (Fsp3) is 0.964. The standard InChI is InChI=1S/C28H56O6/c1-3-5-7-9-10-11-12-13-14-16-21-34-28(29)18-17-20-31-23-25-33-27-26-32-24-22-30-19-15-8-6-4-2/h3-27H2,1-2H3. The second-order valence-electron chi connectivity index (χ2n) is 9.02. The van der Waals surface area contributed by atoms with Crippen molar-refractivity contribution >= 4 is 5.97 Å². The number of carbonyl (C=O) groups is 1. The van der Waals surface area contributed by atoms with Gasteiger partial charge in [0.1, 0.15) is 0 Å². The lowest BCUT2D eigenvalue weighted by Crippen LogP contribution is -2.12. The fourth-order valence-corrected chi connectivity index (χ4v) is 3.56. The molecule has 6 nitrogen and oxygen atoms in total. The van der Waals surface area contributed by atoms with Gasteiger partial charge in [-0.05, 0) is 19.3 Å². The summed E-state index contributed by atoms with van der Waals surface area (Å²) in [5, 5.41) is 0. The zero-order valence-electron chi connectivity index (χ0n) is 22.6. The van der Waals surface area contributed by atoms with Gasteiger partial charge in [0, 0.05) is 19.6 Å². The minimum atomic E-state index is -0.113. The van der Waals surface area contributed by atoms with E-state index < -0.39 is 0 Å². The molecule has 0 aliphatic carbocycles. The van der Waals surface area contributed by atoms with Gasteiger partial charge in [-0.15, -0.1) is 0 Å². The van der Waals surface area contributed by atoms with Crippen molar-refractivity contribution in [3.05, 3.63) is 0 Å². The average Bonchev–Trinajstić information content (AvgIpc) is 2.84. The number of unbranched alkanes of at least 4 members (excludes halogenated alkanes) is 12. The number of hydrogen-bond donors (Lipinski definition) is 0. The van der Waals surface area contributed by atoms with Crippen LogP contribution in [0.2, 0.25) is 0 Å². The average molecular weight is 489 g/mol. The first-order valence-corrected chi connectivity index (χ1v) is 14.3. The quantitative estimate of drug-likeness (QED) is 0.0845. The summed E-state index contributed by atoms with van der Waals surface area (Å²) in [6.07, 6.45) is 18.9. The highest BCUT2D eigenvalue weighted by atomic mass is 16.6. The molecule has 0 unspecified atom stereocenters. The summed E-state index contributed by atoms with van der Waals surface area (Å²) in [6.45, 7) is 9.88. The Hall–Kier alpha value is -0.690. The van der Waals surface area contributed by atoms with Crippen LogP contribution in [0.4, 0.5) is 0 Å². The Morgan fingerprint density at radius 3 is 1.26 bits per heavy atom. The van der Waals surface area contributed by atoms with E-state index in [0.717, 1.165) is 25.9 Å². The third-order valence-electron chi connectivity index (χ3n) is 5.69. The van der Waals surface area contributed by atoms with Gasteiger partial charge in [-0.25, -0.2) is 0 Å². The summed E-state index contributed by atoms with van der Waals surface area (Å²) < 4.78 is 27.3. The van der Waals surface area contributed by atoms with Crippen LogP contribution in [0.1, 0.15) is 117 Å². The summed E-state index contributed by atoms with van der Waals surface area (Å²) >= 11 is 0. The van der Waals surface area contributed by atoms with Gasteiger partial charge in [0.25, 0.3) is 0 Å². The Labute approximate surface area is 210 Å². The molecule has 0 saturated carbocycles. The third kappa shape index (κ3) is 29.3. The van der Waals surface area contributed by atoms with Crippen LogP contribution in [0.25, 0.3) is 0 Å². The predicted molar refractivity (Wildman–Crippen MR) is 139 cm³/mol. The monoisotopic (exact) mass is 488 g/mol. The summed E-state index contributed by atoms with van der Waals surface area (Å²) in [5.41, 5.74) is 0. The van der Waals surface area contributed by atoms with Gasteiger partial charge in [-0.3, -0.25) is 4.79 Å². The van der Waals surface area contributed by atoms with Crippen LogP contribution >= 0.6 is 0 Å². The molecule has 0 amide bonds. The minimum Gasteiger partial charge on any atom is -0.466 e. The number of esters is 1. The molecule has 0 N–H and O–H groups in total. The van der Waals surface area contributed by atoms with E-state index >= 15 is 0 Å². The zero-order valence-corrected chi connectivity index (χ0v) is 22.6. The van der Waals surface area contributed by atoms with Crippen LogP contribution in [0.5, 0.6) is 0 Å². The van der Waals surface area contributed by atoms with Crippen LogP contribution < -0.4 is 0 Å². The van der Waals surface area contributed by atoms with Gasteiger partial charge in [-0.1, -0.05) is 90.9 Å². The molecule has 0 rings (SSSR count). The van der Waals surface area contributed by atoms with Gasteiger partial charge in [-0.2, -0.15) is 0 Å². The molecule has 0 saturated heterocycles. The minimum absolute atomic E-state index is 0.113. The van der Waals surface area contributed by atoms with Crippen molar-refractivity contribution in [3.63, 3.8) is 0 Å². The summed E-state index contributed by atoms with van der Waals surface area (Å²) in [6, 6.07) is 0. The molecule has 34 heavy (non-hydrogen) atoms. The summed E-state index contributed by atoms with van der Waals surface area (Å²) in [4.78, 5) is 11.7. The van der Waals surface area contributed by atoms with Crippen LogP contribution in [-0.2, 0) is 28.5 Å². The SMILES string of the molecule is CCCCCCCCCCCCOC(=O)CCCOCCOCCOCCOCCCCCC. The lowest BCUT2D eigenvalue weighted by Gasteiger charge is -2.08. The molecule has 0 aliphatic rings. The van der Waals surface area contributed by atoms with Crippen molar-refractivity contribution in [1.29, 1.82) is 0 Å². The molecular weight excluding hydrogens is 432 g/mol. The molecule has 0 atom stereocenters. The second-order valence-corrected chi connectivity index (χ2v) is 9.02. The van der Waals surface area contributed by atoms with E-state index in [4.69, 9.17) is 23.7 Å². The molecule has 6 heteroatoms. The zero-order chi connectivity index (χ0) is 24.8. The lowest BCUT2D eigenvalue weighted by molar-refractivity contribution is -0.144. The Morgan fingerprint density at radius 1 is 0.412 bits per heavy atom. The number of rotatable bonds is 29. The summed E-state index contributed by atoms with van der Waals surface area (Å²) in [5.74, 6) is -0.113. The lowest BCUT2D eigenvalue weighted by atomic mass is 10.1. The molecule has 0 radical (unpaired) electrons. The van der Waals surface area contributed by atoms with Gasteiger partial charge in [0.05, 0.1) is 46.2 Å². The van der Waals surface area contributed by atoms with Crippen molar-refractivity contribution in [3.8, 4) is 0 Å². The molecule has 0 spiro atoms. The Kier molecular flexibility index (Phi) is 29.7. The largest absolute Gasteiger partial charge is 0.466 e. The molecule has 0 aliphatic heterocycles. The fourth-order valence-electron chi connectivity index (χ4n) is 3.56. The van der Waals surface area contributed by atoms with E-state index in [0.29, 0.717) is 65.7 Å². The normalized spacial score (nSPS) is 11.2. The molecule has 0 fully saturated rings. The molecule has 0 aromatic heterocycles. The summed E-state index contributed by atoms with van der Waals surface area (Å²) in [7, 11) is 0. The maximum atomic E-state index is 11.7. The van der Waals surface area contributed by atoms with Crippen LogP contribution in [0, 0.1) is 0 Å². The molecule has 0 bridgehead atoms. The van der Waals surface area contributed by atoms with E-state index in [1.807, 2.05) is 0 Å². The molecular formula is C28H56O6. The third-order valence-corrected chi connectivity index (χ3v) is 5.69. The van der Waals surface area contributed by atoms with E-state index in [9.17, 15) is 4.79 Å². The Bertz CT molecular complexity index is 391. The van der Waals surface area contributed by atoms with Crippen LogP contribution in [0.3, 0.4) is 0 Å². The smallest absolute Gasteiger partial charge is 0.305 e. The van der Waals surface area contributed by atoms with Gasteiger partial charge in [0.15, 0.2) is 0 Å². The number of ether oxygens (including phenoxy) is 5. The van der Waals surface area contributed by atoms with Gasteiger partial charge >= 0.3 is 5.97 Å².